The Kier molecular flexibility index (Phi) is 3.87. The number of rotatable bonds is 3. The smallest absolute Gasteiger partial charge is 0.255 e. The summed E-state index contributed by atoms with van der Waals surface area (Å²) in [5.74, 6) is -0.241. The first kappa shape index (κ1) is 13.2. The molecule has 0 unspecified atom stereocenters. The third-order valence-corrected chi connectivity index (χ3v) is 2.93. The molecule has 0 aliphatic carbocycles. The van der Waals surface area contributed by atoms with E-state index in [2.05, 4.69) is 17.9 Å². The molecule has 2 aromatic rings. The summed E-state index contributed by atoms with van der Waals surface area (Å²) in [6, 6.07) is 12.0. The summed E-state index contributed by atoms with van der Waals surface area (Å²) in [4.78, 5) is 12.9. The van der Waals surface area contributed by atoms with Crippen LogP contribution in [0.5, 0.6) is 0 Å². The zero-order valence-electron chi connectivity index (χ0n) is 10.1. The van der Waals surface area contributed by atoms with Crippen LogP contribution in [0.1, 0.15) is 15.9 Å². The molecule has 0 saturated carbocycles. The van der Waals surface area contributed by atoms with Crippen molar-refractivity contribution in [1.82, 2.24) is 0 Å². The number of hydrogen-bond acceptors (Lipinski definition) is 4. The van der Waals surface area contributed by atoms with Crippen molar-refractivity contribution >= 4 is 36.1 Å². The van der Waals surface area contributed by atoms with Gasteiger partial charge in [-0.25, -0.2) is 0 Å². The molecule has 0 bridgehead atoms. The van der Waals surface area contributed by atoms with Crippen LogP contribution >= 0.6 is 12.6 Å². The molecule has 0 fully saturated rings. The van der Waals surface area contributed by atoms with Crippen molar-refractivity contribution in [3.8, 4) is 0 Å². The number of carbonyl (C=O) groups is 1. The van der Waals surface area contributed by atoms with E-state index >= 15 is 0 Å². The molecule has 2 rings (SSSR count). The number of hydrogen-bond donors (Lipinski definition) is 4. The average molecular weight is 271 g/mol. The van der Waals surface area contributed by atoms with E-state index in [0.717, 1.165) is 11.1 Å². The van der Waals surface area contributed by atoms with Gasteiger partial charge in [-0.2, -0.15) is 0 Å². The fourth-order valence-electron chi connectivity index (χ4n) is 1.59. The number of carbonyl (C=O) groups excluding carboxylic acids is 1. The van der Waals surface area contributed by atoms with Gasteiger partial charge in [0.05, 0.1) is 0 Å². The van der Waals surface area contributed by atoms with Gasteiger partial charge in [-0.1, -0.05) is 0 Å². The van der Waals surface area contributed by atoms with Crippen molar-refractivity contribution in [1.29, 1.82) is 5.41 Å². The van der Waals surface area contributed by atoms with Crippen molar-refractivity contribution in [3.63, 3.8) is 0 Å². The molecule has 0 aliphatic rings. The maximum Gasteiger partial charge on any atom is 0.255 e. The van der Waals surface area contributed by atoms with E-state index in [-0.39, 0.29) is 5.91 Å². The largest absolute Gasteiger partial charge is 0.398 e. The predicted octanol–water partition coefficient (Wildman–Crippen LogP) is 2.81. The fraction of sp³-hybridized carbons (Fsp3) is 0. The molecule has 0 heterocycles. The molecule has 5 heteroatoms. The number of thiol groups is 1. The summed E-state index contributed by atoms with van der Waals surface area (Å²) in [5.41, 5.74) is 7.83. The lowest BCUT2D eigenvalue weighted by atomic mass is 10.1. The topological polar surface area (TPSA) is 79.0 Å². The number of benzene rings is 2. The summed E-state index contributed by atoms with van der Waals surface area (Å²) in [7, 11) is 0. The molecule has 0 radical (unpaired) electrons. The molecule has 2 aromatic carbocycles. The molecule has 19 heavy (non-hydrogen) atoms. The average Bonchev–Trinajstić information content (AvgIpc) is 2.42. The fourth-order valence-corrected chi connectivity index (χ4v) is 1.74. The normalized spacial score (nSPS) is 9.95. The first-order valence-electron chi connectivity index (χ1n) is 5.60. The molecular weight excluding hydrogens is 258 g/mol. The van der Waals surface area contributed by atoms with Gasteiger partial charge in [0.15, 0.2) is 0 Å². The Bertz CT molecular complexity index is 623. The first-order valence-corrected chi connectivity index (χ1v) is 6.05. The standard InChI is InChI=1S/C14H13N3OS/c15-8-10-7-9(1-6-13(10)16)14(18)17-11-2-4-12(19)5-3-11/h1-8,15,19H,16H2,(H,17,18). The van der Waals surface area contributed by atoms with Crippen LogP contribution in [0, 0.1) is 5.41 Å². The first-order chi connectivity index (χ1) is 9.10. The van der Waals surface area contributed by atoms with Gasteiger partial charge in [-0.3, -0.25) is 4.79 Å². The van der Waals surface area contributed by atoms with Crippen molar-refractivity contribution in [2.24, 2.45) is 0 Å². The van der Waals surface area contributed by atoms with Gasteiger partial charge in [0.1, 0.15) is 0 Å². The highest BCUT2D eigenvalue weighted by molar-refractivity contribution is 7.80. The second kappa shape index (κ2) is 5.58. The Morgan fingerprint density at radius 2 is 1.89 bits per heavy atom. The minimum Gasteiger partial charge on any atom is -0.398 e. The molecule has 0 spiro atoms. The van der Waals surface area contributed by atoms with Gasteiger partial charge in [-0.15, -0.1) is 12.6 Å². The number of nitrogens with two attached hydrogens (primary N) is 1. The predicted molar refractivity (Wildman–Crippen MR) is 80.4 cm³/mol. The highest BCUT2D eigenvalue weighted by Gasteiger charge is 2.08. The Morgan fingerprint density at radius 1 is 1.21 bits per heavy atom. The van der Waals surface area contributed by atoms with Crippen molar-refractivity contribution < 1.29 is 4.79 Å². The minimum atomic E-state index is -0.241. The molecule has 0 saturated heterocycles. The molecule has 96 valence electrons. The second-order valence-electron chi connectivity index (χ2n) is 3.99. The maximum absolute atomic E-state index is 12.0. The van der Waals surface area contributed by atoms with Crippen LogP contribution in [0.4, 0.5) is 11.4 Å². The maximum atomic E-state index is 12.0. The third kappa shape index (κ3) is 3.14. The van der Waals surface area contributed by atoms with E-state index in [4.69, 9.17) is 11.1 Å². The summed E-state index contributed by atoms with van der Waals surface area (Å²) in [6.07, 6.45) is 1.13. The minimum absolute atomic E-state index is 0.241. The van der Waals surface area contributed by atoms with E-state index in [9.17, 15) is 4.79 Å². The van der Waals surface area contributed by atoms with Crippen LogP contribution < -0.4 is 11.1 Å². The Balaban J connectivity index is 2.20. The van der Waals surface area contributed by atoms with E-state index in [0.29, 0.717) is 22.5 Å². The summed E-state index contributed by atoms with van der Waals surface area (Å²) < 4.78 is 0. The van der Waals surface area contributed by atoms with Gasteiger partial charge in [-0.05, 0) is 42.5 Å². The van der Waals surface area contributed by atoms with Crippen molar-refractivity contribution in [2.45, 2.75) is 4.90 Å². The van der Waals surface area contributed by atoms with Crippen LogP contribution in [-0.4, -0.2) is 12.1 Å². The molecule has 0 aromatic heterocycles. The lowest BCUT2D eigenvalue weighted by molar-refractivity contribution is 0.102. The Morgan fingerprint density at radius 3 is 2.53 bits per heavy atom. The second-order valence-corrected chi connectivity index (χ2v) is 4.51. The SMILES string of the molecule is N=Cc1cc(C(=O)Nc2ccc(S)cc2)ccc1N. The van der Waals surface area contributed by atoms with Gasteiger partial charge in [0, 0.05) is 33.6 Å². The van der Waals surface area contributed by atoms with Crippen LogP contribution in [0.15, 0.2) is 47.4 Å². The highest BCUT2D eigenvalue weighted by atomic mass is 32.1. The lowest BCUT2D eigenvalue weighted by Crippen LogP contribution is -2.12. The van der Waals surface area contributed by atoms with Gasteiger partial charge >= 0.3 is 0 Å². The Hall–Kier alpha value is -2.27. The van der Waals surface area contributed by atoms with Crippen LogP contribution in [0.2, 0.25) is 0 Å². The van der Waals surface area contributed by atoms with Crippen molar-refractivity contribution in [2.75, 3.05) is 11.1 Å². The monoisotopic (exact) mass is 271 g/mol. The molecule has 4 nitrogen and oxygen atoms in total. The zero-order valence-corrected chi connectivity index (χ0v) is 10.9. The lowest BCUT2D eigenvalue weighted by Gasteiger charge is -2.07. The molecule has 0 aliphatic heterocycles. The van der Waals surface area contributed by atoms with E-state index < -0.39 is 0 Å². The van der Waals surface area contributed by atoms with Gasteiger partial charge < -0.3 is 16.5 Å². The molecule has 4 N–H and O–H groups in total. The van der Waals surface area contributed by atoms with E-state index in [1.165, 1.54) is 0 Å². The van der Waals surface area contributed by atoms with Gasteiger partial charge in [0.2, 0.25) is 0 Å². The number of anilines is 2. The number of nitrogens with one attached hydrogen (secondary N) is 2. The summed E-state index contributed by atoms with van der Waals surface area (Å²) >= 11 is 4.18. The third-order valence-electron chi connectivity index (χ3n) is 2.63. The Labute approximate surface area is 116 Å². The van der Waals surface area contributed by atoms with Crippen LogP contribution in [-0.2, 0) is 0 Å². The molecular formula is C14H13N3OS. The number of nitrogen functional groups attached to an aromatic ring is 1. The number of amides is 1. The summed E-state index contributed by atoms with van der Waals surface area (Å²) in [5, 5.41) is 9.99. The van der Waals surface area contributed by atoms with Crippen LogP contribution in [0.25, 0.3) is 0 Å². The van der Waals surface area contributed by atoms with Gasteiger partial charge in [0.25, 0.3) is 5.91 Å². The van der Waals surface area contributed by atoms with Crippen molar-refractivity contribution in [3.05, 3.63) is 53.6 Å². The molecule has 0 atom stereocenters. The van der Waals surface area contributed by atoms with E-state index in [1.807, 2.05) is 0 Å². The quantitative estimate of drug-likeness (QED) is 0.393. The molecule has 1 amide bonds. The summed E-state index contributed by atoms with van der Waals surface area (Å²) in [6.45, 7) is 0. The highest BCUT2D eigenvalue weighted by Crippen LogP contribution is 2.16. The van der Waals surface area contributed by atoms with Crippen LogP contribution in [0.3, 0.4) is 0 Å². The van der Waals surface area contributed by atoms with E-state index in [1.54, 1.807) is 42.5 Å². The zero-order chi connectivity index (χ0) is 13.8.